The molecule has 0 saturated heterocycles. The van der Waals surface area contributed by atoms with Crippen molar-refractivity contribution in [2.75, 3.05) is 0 Å². The van der Waals surface area contributed by atoms with Crippen molar-refractivity contribution >= 4 is 52.4 Å². The maximum Gasteiger partial charge on any atom is 0.340 e. The van der Waals surface area contributed by atoms with Crippen LogP contribution >= 0.6 is 46.4 Å². The van der Waals surface area contributed by atoms with Crippen molar-refractivity contribution in [2.45, 2.75) is 26.4 Å². The van der Waals surface area contributed by atoms with E-state index >= 15 is 0 Å². The molecule has 94 valence electrons. The lowest BCUT2D eigenvalue weighted by Crippen LogP contribution is -2.14. The van der Waals surface area contributed by atoms with Crippen LogP contribution in [-0.4, -0.2) is 12.1 Å². The fraction of sp³-hybridized carbons (Fsp3) is 0.364. The molecular weight excluding hydrogens is 306 g/mol. The lowest BCUT2D eigenvalue weighted by atomic mass is 10.2. The van der Waals surface area contributed by atoms with Gasteiger partial charge < -0.3 is 4.74 Å². The summed E-state index contributed by atoms with van der Waals surface area (Å²) >= 11 is 23.4. The van der Waals surface area contributed by atoms with Crippen molar-refractivity contribution in [1.29, 1.82) is 0 Å². The van der Waals surface area contributed by atoms with Gasteiger partial charge in [-0.05, 0) is 19.4 Å². The Morgan fingerprint density at radius 1 is 1.24 bits per heavy atom. The van der Waals surface area contributed by atoms with Gasteiger partial charge in [-0.25, -0.2) is 4.79 Å². The average Bonchev–Trinajstić information content (AvgIpc) is 2.30. The summed E-state index contributed by atoms with van der Waals surface area (Å²) in [5.74, 6) is -0.565. The Hall–Kier alpha value is -0.150. The molecule has 0 radical (unpaired) electrons. The smallest absolute Gasteiger partial charge is 0.340 e. The lowest BCUT2D eigenvalue weighted by Gasteiger charge is -2.13. The third-order valence-corrected chi connectivity index (χ3v) is 3.96. The summed E-state index contributed by atoms with van der Waals surface area (Å²) in [5, 5.41) is 0.391. The van der Waals surface area contributed by atoms with Gasteiger partial charge in [-0.1, -0.05) is 53.3 Å². The first-order valence-electron chi connectivity index (χ1n) is 4.92. The second-order valence-electron chi connectivity index (χ2n) is 3.47. The molecular formula is C11H10Cl4O2. The topological polar surface area (TPSA) is 26.3 Å². The molecule has 6 heteroatoms. The van der Waals surface area contributed by atoms with Crippen LogP contribution in [-0.2, 0) is 4.74 Å². The van der Waals surface area contributed by atoms with Crippen molar-refractivity contribution in [3.8, 4) is 0 Å². The molecule has 0 amide bonds. The highest BCUT2D eigenvalue weighted by atomic mass is 35.5. The molecule has 1 rings (SSSR count). The van der Waals surface area contributed by atoms with E-state index in [1.807, 2.05) is 6.92 Å². The Labute approximate surface area is 120 Å². The fourth-order valence-electron chi connectivity index (χ4n) is 1.05. The van der Waals surface area contributed by atoms with Gasteiger partial charge in [0.15, 0.2) is 0 Å². The van der Waals surface area contributed by atoms with Gasteiger partial charge in [-0.15, -0.1) is 0 Å². The highest BCUT2D eigenvalue weighted by molar-refractivity contribution is 6.52. The first-order valence-corrected chi connectivity index (χ1v) is 6.43. The Balaban J connectivity index is 3.11. The van der Waals surface area contributed by atoms with E-state index in [-0.39, 0.29) is 31.8 Å². The summed E-state index contributed by atoms with van der Waals surface area (Å²) in [6.45, 7) is 3.69. The minimum Gasteiger partial charge on any atom is -0.459 e. The molecule has 0 aliphatic rings. The van der Waals surface area contributed by atoms with Crippen molar-refractivity contribution in [1.82, 2.24) is 0 Å². The molecule has 0 aliphatic heterocycles. The van der Waals surface area contributed by atoms with Crippen molar-refractivity contribution in [3.05, 3.63) is 31.7 Å². The zero-order valence-electron chi connectivity index (χ0n) is 9.19. The Morgan fingerprint density at radius 3 is 2.35 bits per heavy atom. The predicted octanol–water partition coefficient (Wildman–Crippen LogP) is 5.26. The van der Waals surface area contributed by atoms with Gasteiger partial charge in [-0.2, -0.15) is 0 Å². The van der Waals surface area contributed by atoms with Crippen LogP contribution in [0.4, 0.5) is 0 Å². The Bertz CT molecular complexity index is 446. The van der Waals surface area contributed by atoms with Crippen LogP contribution in [0.2, 0.25) is 20.1 Å². The first-order chi connectivity index (χ1) is 7.88. The normalized spacial score (nSPS) is 12.4. The van der Waals surface area contributed by atoms with Gasteiger partial charge in [-0.3, -0.25) is 0 Å². The number of ether oxygens (including phenoxy) is 1. The van der Waals surface area contributed by atoms with E-state index in [9.17, 15) is 4.79 Å². The molecule has 2 nitrogen and oxygen atoms in total. The number of benzene rings is 1. The summed E-state index contributed by atoms with van der Waals surface area (Å²) in [4.78, 5) is 11.8. The highest BCUT2D eigenvalue weighted by Gasteiger charge is 2.20. The number of hydrogen-bond donors (Lipinski definition) is 0. The van der Waals surface area contributed by atoms with Gasteiger partial charge in [0.2, 0.25) is 0 Å². The standard InChI is InChI=1S/C11H10Cl4O2/c1-3-5(2)17-11(16)6-4-7(12)9(14)10(15)8(6)13/h4-5H,3H2,1-2H3. The third-order valence-electron chi connectivity index (χ3n) is 2.21. The van der Waals surface area contributed by atoms with Crippen LogP contribution in [0.3, 0.4) is 0 Å². The maximum atomic E-state index is 11.8. The van der Waals surface area contributed by atoms with E-state index < -0.39 is 5.97 Å². The number of esters is 1. The zero-order valence-corrected chi connectivity index (χ0v) is 12.2. The highest BCUT2D eigenvalue weighted by Crippen LogP contribution is 2.38. The molecule has 0 bridgehead atoms. The number of carbonyl (C=O) groups excluding carboxylic acids is 1. The van der Waals surface area contributed by atoms with E-state index in [4.69, 9.17) is 51.1 Å². The Morgan fingerprint density at radius 2 is 1.82 bits per heavy atom. The number of carbonyl (C=O) groups is 1. The van der Waals surface area contributed by atoms with Crippen molar-refractivity contribution < 1.29 is 9.53 Å². The van der Waals surface area contributed by atoms with Crippen LogP contribution in [0, 0.1) is 0 Å². The lowest BCUT2D eigenvalue weighted by molar-refractivity contribution is 0.0335. The van der Waals surface area contributed by atoms with Crippen LogP contribution < -0.4 is 0 Å². The second kappa shape index (κ2) is 6.14. The molecule has 0 N–H and O–H groups in total. The molecule has 0 aliphatic carbocycles. The van der Waals surface area contributed by atoms with Crippen LogP contribution in [0.25, 0.3) is 0 Å². The van der Waals surface area contributed by atoms with Crippen molar-refractivity contribution in [2.24, 2.45) is 0 Å². The third kappa shape index (κ3) is 3.41. The molecule has 0 aromatic heterocycles. The summed E-state index contributed by atoms with van der Waals surface area (Å²) in [5.41, 5.74) is 0.117. The summed E-state index contributed by atoms with van der Waals surface area (Å²) < 4.78 is 5.13. The van der Waals surface area contributed by atoms with Crippen molar-refractivity contribution in [3.63, 3.8) is 0 Å². The molecule has 17 heavy (non-hydrogen) atoms. The molecule has 1 aromatic carbocycles. The second-order valence-corrected chi connectivity index (χ2v) is 5.01. The zero-order chi connectivity index (χ0) is 13.2. The monoisotopic (exact) mass is 314 g/mol. The van der Waals surface area contributed by atoms with E-state index in [0.717, 1.165) is 0 Å². The van der Waals surface area contributed by atoms with E-state index in [2.05, 4.69) is 0 Å². The molecule has 0 saturated carbocycles. The maximum absolute atomic E-state index is 11.8. The average molecular weight is 316 g/mol. The van der Waals surface area contributed by atoms with E-state index in [1.54, 1.807) is 6.92 Å². The quantitative estimate of drug-likeness (QED) is 0.432. The largest absolute Gasteiger partial charge is 0.459 e. The van der Waals surface area contributed by atoms with Gasteiger partial charge >= 0.3 is 5.97 Å². The molecule has 1 aromatic rings. The summed E-state index contributed by atoms with van der Waals surface area (Å²) in [7, 11) is 0. The van der Waals surface area contributed by atoms with Crippen LogP contribution in [0.15, 0.2) is 6.07 Å². The number of halogens is 4. The predicted molar refractivity (Wildman–Crippen MR) is 71.7 cm³/mol. The first kappa shape index (κ1) is 14.9. The van der Waals surface area contributed by atoms with E-state index in [1.165, 1.54) is 6.07 Å². The van der Waals surface area contributed by atoms with Gasteiger partial charge in [0.1, 0.15) is 0 Å². The Kier molecular flexibility index (Phi) is 5.39. The molecule has 0 spiro atoms. The molecule has 0 fully saturated rings. The minimum atomic E-state index is -0.565. The number of rotatable bonds is 3. The molecule has 1 atom stereocenters. The fourth-order valence-corrected chi connectivity index (χ4v) is 1.93. The number of hydrogen-bond acceptors (Lipinski definition) is 2. The SMILES string of the molecule is CCC(C)OC(=O)c1cc(Cl)c(Cl)c(Cl)c1Cl. The van der Waals surface area contributed by atoms with Gasteiger partial charge in [0.25, 0.3) is 0 Å². The van der Waals surface area contributed by atoms with Crippen LogP contribution in [0.1, 0.15) is 30.6 Å². The molecule has 1 unspecified atom stereocenters. The van der Waals surface area contributed by atoms with Gasteiger partial charge in [0.05, 0.1) is 31.8 Å². The minimum absolute atomic E-state index is 0.0503. The van der Waals surface area contributed by atoms with Gasteiger partial charge in [0, 0.05) is 0 Å². The summed E-state index contributed by atoms with van der Waals surface area (Å²) in [6.07, 6.45) is 0.505. The van der Waals surface area contributed by atoms with E-state index in [0.29, 0.717) is 6.42 Å². The molecule has 0 heterocycles. The summed E-state index contributed by atoms with van der Waals surface area (Å²) in [6, 6.07) is 1.35. The van der Waals surface area contributed by atoms with Crippen LogP contribution in [0.5, 0.6) is 0 Å².